The number of nitrogens with zero attached hydrogens (tertiary/aromatic N) is 3. The quantitative estimate of drug-likeness (QED) is 0.676. The van der Waals surface area contributed by atoms with Crippen molar-refractivity contribution in [2.45, 2.75) is 26.5 Å². The highest BCUT2D eigenvalue weighted by atomic mass is 16.5. The zero-order chi connectivity index (χ0) is 18.5. The van der Waals surface area contributed by atoms with E-state index in [4.69, 9.17) is 9.26 Å². The fraction of sp³-hybridized carbons (Fsp3) is 0.250. The summed E-state index contributed by atoms with van der Waals surface area (Å²) in [6.45, 7) is 4.12. The first-order valence-corrected chi connectivity index (χ1v) is 8.43. The van der Waals surface area contributed by atoms with Crippen LogP contribution in [0.2, 0.25) is 0 Å². The maximum Gasteiger partial charge on any atom is 0.254 e. The van der Waals surface area contributed by atoms with Crippen LogP contribution >= 0.6 is 0 Å². The molecule has 3 rings (SSSR count). The average Bonchev–Trinajstić information content (AvgIpc) is 3.10. The van der Waals surface area contributed by atoms with E-state index in [0.717, 1.165) is 5.56 Å². The van der Waals surface area contributed by atoms with E-state index in [-0.39, 0.29) is 18.6 Å². The summed E-state index contributed by atoms with van der Waals surface area (Å²) >= 11 is 0. The van der Waals surface area contributed by atoms with Gasteiger partial charge in [-0.25, -0.2) is 0 Å². The maximum absolute atomic E-state index is 12.6. The summed E-state index contributed by atoms with van der Waals surface area (Å²) in [4.78, 5) is 18.5. The smallest absolute Gasteiger partial charge is 0.254 e. The first-order chi connectivity index (χ1) is 12.5. The molecular formula is C20H21N3O3. The van der Waals surface area contributed by atoms with Gasteiger partial charge in [-0.3, -0.25) is 4.79 Å². The summed E-state index contributed by atoms with van der Waals surface area (Å²) in [6.07, 6.45) is 0.0490. The van der Waals surface area contributed by atoms with Crippen LogP contribution in [-0.4, -0.2) is 34.1 Å². The largest absolute Gasteiger partial charge is 0.491 e. The Hall–Kier alpha value is -3.15. The van der Waals surface area contributed by atoms with Crippen LogP contribution in [0.25, 0.3) is 11.4 Å². The van der Waals surface area contributed by atoms with E-state index >= 15 is 0 Å². The average molecular weight is 351 g/mol. The lowest BCUT2D eigenvalue weighted by Gasteiger charge is -2.16. The van der Waals surface area contributed by atoms with E-state index in [1.165, 1.54) is 4.90 Å². The van der Waals surface area contributed by atoms with Crippen molar-refractivity contribution in [1.82, 2.24) is 15.0 Å². The van der Waals surface area contributed by atoms with Crippen molar-refractivity contribution in [2.24, 2.45) is 0 Å². The van der Waals surface area contributed by atoms with Crippen LogP contribution in [0.5, 0.6) is 5.75 Å². The third-order valence-electron chi connectivity index (χ3n) is 3.67. The molecule has 0 fully saturated rings. The van der Waals surface area contributed by atoms with Crippen LogP contribution in [0.1, 0.15) is 30.1 Å². The van der Waals surface area contributed by atoms with Crippen LogP contribution in [0.3, 0.4) is 0 Å². The topological polar surface area (TPSA) is 68.5 Å². The lowest BCUT2D eigenvalue weighted by Crippen LogP contribution is -2.26. The molecule has 0 saturated carbocycles. The Bertz CT molecular complexity index is 875. The van der Waals surface area contributed by atoms with Gasteiger partial charge in [0, 0.05) is 18.2 Å². The Balaban J connectivity index is 1.69. The second-order valence-corrected chi connectivity index (χ2v) is 6.23. The van der Waals surface area contributed by atoms with Gasteiger partial charge in [-0.1, -0.05) is 41.6 Å². The number of hydrogen-bond acceptors (Lipinski definition) is 5. The molecule has 0 saturated heterocycles. The molecule has 1 amide bonds. The molecule has 0 aliphatic heterocycles. The third-order valence-corrected chi connectivity index (χ3v) is 3.67. The van der Waals surface area contributed by atoms with E-state index in [1.54, 1.807) is 25.2 Å². The second kappa shape index (κ2) is 7.82. The monoisotopic (exact) mass is 351 g/mol. The van der Waals surface area contributed by atoms with Crippen molar-refractivity contribution < 1.29 is 14.1 Å². The minimum absolute atomic E-state index is 0.0490. The molecular weight excluding hydrogens is 330 g/mol. The Morgan fingerprint density at radius 3 is 2.65 bits per heavy atom. The molecule has 1 aromatic heterocycles. The van der Waals surface area contributed by atoms with Crippen molar-refractivity contribution in [3.8, 4) is 17.1 Å². The Morgan fingerprint density at radius 2 is 1.92 bits per heavy atom. The summed E-state index contributed by atoms with van der Waals surface area (Å²) in [7, 11) is 1.70. The van der Waals surface area contributed by atoms with Gasteiger partial charge in [-0.15, -0.1) is 0 Å². The molecule has 26 heavy (non-hydrogen) atoms. The Labute approximate surface area is 152 Å². The van der Waals surface area contributed by atoms with E-state index in [9.17, 15) is 4.79 Å². The zero-order valence-corrected chi connectivity index (χ0v) is 15.0. The lowest BCUT2D eigenvalue weighted by molar-refractivity contribution is 0.0769. The van der Waals surface area contributed by atoms with Crippen molar-refractivity contribution in [3.63, 3.8) is 0 Å². The number of ether oxygens (including phenoxy) is 1. The van der Waals surface area contributed by atoms with Crippen LogP contribution in [0.4, 0.5) is 0 Å². The molecule has 0 bridgehead atoms. The summed E-state index contributed by atoms with van der Waals surface area (Å²) in [5.74, 6) is 1.42. The standard InChI is InChI=1S/C20H21N3O3/c1-14(2)25-17-11-7-10-16(12-17)20(24)23(3)13-18-21-19(22-26-18)15-8-5-4-6-9-15/h4-12,14H,13H2,1-3H3. The fourth-order valence-electron chi connectivity index (χ4n) is 2.49. The first kappa shape index (κ1) is 17.7. The highest BCUT2D eigenvalue weighted by molar-refractivity contribution is 5.94. The van der Waals surface area contributed by atoms with Crippen molar-refractivity contribution in [3.05, 3.63) is 66.1 Å². The maximum atomic E-state index is 12.6. The highest BCUT2D eigenvalue weighted by Gasteiger charge is 2.17. The number of aromatic nitrogens is 2. The van der Waals surface area contributed by atoms with Crippen molar-refractivity contribution >= 4 is 5.91 Å². The van der Waals surface area contributed by atoms with Gasteiger partial charge in [-0.05, 0) is 32.0 Å². The molecule has 3 aromatic rings. The number of carbonyl (C=O) groups excluding carboxylic acids is 1. The second-order valence-electron chi connectivity index (χ2n) is 6.23. The van der Waals surface area contributed by atoms with Crippen molar-refractivity contribution in [2.75, 3.05) is 7.05 Å². The molecule has 6 heteroatoms. The SMILES string of the molecule is CC(C)Oc1cccc(C(=O)N(C)Cc2nc(-c3ccccc3)no2)c1. The van der Waals surface area contributed by atoms with Crippen LogP contribution in [-0.2, 0) is 6.54 Å². The minimum atomic E-state index is -0.140. The number of rotatable bonds is 6. The highest BCUT2D eigenvalue weighted by Crippen LogP contribution is 2.18. The van der Waals surface area contributed by atoms with Gasteiger partial charge in [0.1, 0.15) is 5.75 Å². The van der Waals surface area contributed by atoms with Gasteiger partial charge in [-0.2, -0.15) is 4.98 Å². The lowest BCUT2D eigenvalue weighted by atomic mass is 10.2. The number of benzene rings is 2. The molecule has 0 unspecified atom stereocenters. The molecule has 0 N–H and O–H groups in total. The van der Waals surface area contributed by atoms with E-state index in [0.29, 0.717) is 23.0 Å². The van der Waals surface area contributed by atoms with E-state index < -0.39 is 0 Å². The molecule has 0 spiro atoms. The third kappa shape index (κ3) is 4.27. The molecule has 6 nitrogen and oxygen atoms in total. The minimum Gasteiger partial charge on any atom is -0.491 e. The normalized spacial score (nSPS) is 10.8. The predicted molar refractivity (Wildman–Crippen MR) is 97.7 cm³/mol. The Morgan fingerprint density at radius 1 is 1.15 bits per heavy atom. The first-order valence-electron chi connectivity index (χ1n) is 8.43. The number of hydrogen-bond donors (Lipinski definition) is 0. The summed E-state index contributed by atoms with van der Waals surface area (Å²) in [5, 5.41) is 3.97. The zero-order valence-electron chi connectivity index (χ0n) is 15.0. The van der Waals surface area contributed by atoms with Gasteiger partial charge in [0.25, 0.3) is 5.91 Å². The van der Waals surface area contributed by atoms with Gasteiger partial charge in [0.15, 0.2) is 0 Å². The fourth-order valence-corrected chi connectivity index (χ4v) is 2.49. The summed E-state index contributed by atoms with van der Waals surface area (Å²) in [6, 6.07) is 16.7. The van der Waals surface area contributed by atoms with E-state index in [2.05, 4.69) is 10.1 Å². The van der Waals surface area contributed by atoms with Gasteiger partial charge < -0.3 is 14.2 Å². The number of amides is 1. The summed E-state index contributed by atoms with van der Waals surface area (Å²) < 4.78 is 10.9. The van der Waals surface area contributed by atoms with Gasteiger partial charge in [0.05, 0.1) is 12.6 Å². The molecule has 0 radical (unpaired) electrons. The molecule has 134 valence electrons. The molecule has 0 atom stereocenters. The number of carbonyl (C=O) groups is 1. The van der Waals surface area contributed by atoms with Crippen LogP contribution < -0.4 is 4.74 Å². The summed E-state index contributed by atoms with van der Waals surface area (Å²) in [5.41, 5.74) is 1.42. The molecule has 0 aliphatic rings. The molecule has 0 aliphatic carbocycles. The van der Waals surface area contributed by atoms with Gasteiger partial charge >= 0.3 is 0 Å². The van der Waals surface area contributed by atoms with Crippen molar-refractivity contribution in [1.29, 1.82) is 0 Å². The van der Waals surface area contributed by atoms with E-state index in [1.807, 2.05) is 50.2 Å². The Kier molecular flexibility index (Phi) is 5.31. The van der Waals surface area contributed by atoms with Crippen LogP contribution in [0, 0.1) is 0 Å². The molecule has 1 heterocycles. The molecule has 2 aromatic carbocycles. The predicted octanol–water partition coefficient (Wildman–Crippen LogP) is 3.80. The van der Waals surface area contributed by atoms with Gasteiger partial charge in [0.2, 0.25) is 11.7 Å². The van der Waals surface area contributed by atoms with Crippen LogP contribution in [0.15, 0.2) is 59.1 Å².